The van der Waals surface area contributed by atoms with Crippen LogP contribution in [0.1, 0.15) is 11.1 Å². The van der Waals surface area contributed by atoms with Crippen molar-refractivity contribution in [2.24, 2.45) is 15.7 Å². The normalized spacial score (nSPS) is 19.2. The van der Waals surface area contributed by atoms with Gasteiger partial charge in [0.05, 0.1) is 13.2 Å². The summed E-state index contributed by atoms with van der Waals surface area (Å²) in [5.74, 6) is 1.07. The first-order valence-electron chi connectivity index (χ1n) is 9.54. The standard InChI is InChI=1S/C21H26N6O.ClH/c1-15-6-8-18(9-7-15)27-20(23-17-5-3-4-16(2)14-17)24-19(22)25-21(27)26-10-12-28-13-11-26;/h3-9,14,20,23H,10-13H2,1-2H3,(H2,22,24);1H. The molecule has 0 aliphatic carbocycles. The third-order valence-electron chi connectivity index (χ3n) is 4.85. The maximum Gasteiger partial charge on any atom is 0.222 e. The quantitative estimate of drug-likeness (QED) is 0.807. The zero-order valence-electron chi connectivity index (χ0n) is 16.7. The van der Waals surface area contributed by atoms with Crippen molar-refractivity contribution in [1.82, 2.24) is 4.90 Å². The Labute approximate surface area is 177 Å². The summed E-state index contributed by atoms with van der Waals surface area (Å²) in [6.45, 7) is 7.04. The van der Waals surface area contributed by atoms with Crippen LogP contribution in [0.25, 0.3) is 0 Å². The van der Waals surface area contributed by atoms with E-state index >= 15 is 0 Å². The van der Waals surface area contributed by atoms with Crippen molar-refractivity contribution in [2.75, 3.05) is 36.5 Å². The summed E-state index contributed by atoms with van der Waals surface area (Å²) in [4.78, 5) is 13.5. The largest absolute Gasteiger partial charge is 0.378 e. The second kappa shape index (κ2) is 9.15. The van der Waals surface area contributed by atoms with Crippen molar-refractivity contribution < 1.29 is 4.74 Å². The van der Waals surface area contributed by atoms with Gasteiger partial charge in [0.1, 0.15) is 0 Å². The molecule has 8 heteroatoms. The average Bonchev–Trinajstić information content (AvgIpc) is 2.69. The van der Waals surface area contributed by atoms with Gasteiger partial charge in [0.2, 0.25) is 18.2 Å². The van der Waals surface area contributed by atoms with Gasteiger partial charge < -0.3 is 20.7 Å². The Kier molecular flexibility index (Phi) is 6.61. The first-order chi connectivity index (χ1) is 13.6. The zero-order chi connectivity index (χ0) is 19.5. The molecule has 2 aliphatic heterocycles. The van der Waals surface area contributed by atoms with Crippen LogP contribution in [0.2, 0.25) is 0 Å². The molecule has 0 radical (unpaired) electrons. The Morgan fingerprint density at radius 2 is 1.76 bits per heavy atom. The minimum absolute atomic E-state index is 0. The van der Waals surface area contributed by atoms with Crippen LogP contribution in [0.3, 0.4) is 0 Å². The van der Waals surface area contributed by atoms with Gasteiger partial charge >= 0.3 is 0 Å². The lowest BCUT2D eigenvalue weighted by molar-refractivity contribution is 0.0671. The Morgan fingerprint density at radius 3 is 2.45 bits per heavy atom. The van der Waals surface area contributed by atoms with Crippen LogP contribution in [-0.2, 0) is 4.74 Å². The van der Waals surface area contributed by atoms with E-state index in [0.717, 1.165) is 30.4 Å². The molecule has 2 heterocycles. The van der Waals surface area contributed by atoms with Gasteiger partial charge in [0.15, 0.2) is 0 Å². The fourth-order valence-corrected chi connectivity index (χ4v) is 3.41. The van der Waals surface area contributed by atoms with Crippen LogP contribution < -0.4 is 16.0 Å². The molecule has 2 aromatic rings. The third-order valence-corrected chi connectivity index (χ3v) is 4.85. The number of aliphatic imine (C=N–C) groups is 2. The number of rotatable bonds is 3. The first kappa shape index (κ1) is 21.0. The topological polar surface area (TPSA) is 78.5 Å². The Bertz CT molecular complexity index is 892. The summed E-state index contributed by atoms with van der Waals surface area (Å²) < 4.78 is 5.52. The summed E-state index contributed by atoms with van der Waals surface area (Å²) in [5.41, 5.74) is 10.5. The molecule has 0 aromatic heterocycles. The number of ether oxygens (including phenoxy) is 1. The van der Waals surface area contributed by atoms with Crippen LogP contribution in [0.15, 0.2) is 58.5 Å². The molecule has 0 spiro atoms. The molecule has 2 aliphatic rings. The van der Waals surface area contributed by atoms with E-state index in [0.29, 0.717) is 13.2 Å². The lowest BCUT2D eigenvalue weighted by Crippen LogP contribution is -2.57. The molecule has 2 aromatic carbocycles. The number of guanidine groups is 2. The Morgan fingerprint density at radius 1 is 1.03 bits per heavy atom. The number of benzene rings is 2. The first-order valence-corrected chi connectivity index (χ1v) is 9.54. The summed E-state index contributed by atoms with van der Waals surface area (Å²) in [6, 6.07) is 16.6. The number of hydrogen-bond donors (Lipinski definition) is 2. The molecule has 1 fully saturated rings. The molecule has 29 heavy (non-hydrogen) atoms. The van der Waals surface area contributed by atoms with Crippen molar-refractivity contribution in [3.8, 4) is 0 Å². The fourth-order valence-electron chi connectivity index (χ4n) is 3.41. The van der Waals surface area contributed by atoms with E-state index in [9.17, 15) is 0 Å². The molecule has 1 atom stereocenters. The molecule has 0 saturated carbocycles. The Hall–Kier alpha value is -2.77. The van der Waals surface area contributed by atoms with E-state index in [1.165, 1.54) is 11.1 Å². The van der Waals surface area contributed by atoms with Gasteiger partial charge in [-0.3, -0.25) is 4.90 Å². The van der Waals surface area contributed by atoms with Crippen molar-refractivity contribution in [3.63, 3.8) is 0 Å². The summed E-state index contributed by atoms with van der Waals surface area (Å²) in [5, 5.41) is 3.50. The van der Waals surface area contributed by atoms with Crippen LogP contribution in [0.5, 0.6) is 0 Å². The van der Waals surface area contributed by atoms with Gasteiger partial charge in [-0.05, 0) is 43.7 Å². The van der Waals surface area contributed by atoms with Gasteiger partial charge in [-0.15, -0.1) is 12.4 Å². The molecule has 4 rings (SSSR count). The molecule has 0 bridgehead atoms. The molecule has 1 unspecified atom stereocenters. The highest BCUT2D eigenvalue weighted by atomic mass is 35.5. The van der Waals surface area contributed by atoms with Crippen molar-refractivity contribution in [2.45, 2.75) is 20.1 Å². The van der Waals surface area contributed by atoms with Crippen molar-refractivity contribution in [1.29, 1.82) is 0 Å². The van der Waals surface area contributed by atoms with Crippen LogP contribution >= 0.6 is 12.4 Å². The van der Waals surface area contributed by atoms with Crippen LogP contribution in [0.4, 0.5) is 11.4 Å². The predicted molar refractivity (Wildman–Crippen MR) is 121 cm³/mol. The second-order valence-corrected chi connectivity index (χ2v) is 7.09. The van der Waals surface area contributed by atoms with Gasteiger partial charge in [0, 0.05) is 24.5 Å². The smallest absolute Gasteiger partial charge is 0.222 e. The molecular formula is C21H27ClN6O. The maximum atomic E-state index is 6.11. The highest BCUT2D eigenvalue weighted by Gasteiger charge is 2.32. The fraction of sp³-hybridized carbons (Fsp3) is 0.333. The minimum Gasteiger partial charge on any atom is -0.378 e. The van der Waals surface area contributed by atoms with Gasteiger partial charge in [0.25, 0.3) is 0 Å². The third kappa shape index (κ3) is 4.81. The SMILES string of the molecule is Cc1ccc(N2C(N3CCOCC3)=NC(N)=NC2Nc2cccc(C)c2)cc1.Cl. The van der Waals surface area contributed by atoms with E-state index in [1.807, 2.05) is 12.1 Å². The number of halogens is 1. The number of hydrogen-bond acceptors (Lipinski definition) is 7. The van der Waals surface area contributed by atoms with E-state index < -0.39 is 0 Å². The minimum atomic E-state index is -0.389. The number of morpholine rings is 1. The van der Waals surface area contributed by atoms with Crippen molar-refractivity contribution in [3.05, 3.63) is 59.7 Å². The summed E-state index contributed by atoms with van der Waals surface area (Å²) in [7, 11) is 0. The molecular weight excluding hydrogens is 388 g/mol. The highest BCUT2D eigenvalue weighted by Crippen LogP contribution is 2.25. The van der Waals surface area contributed by atoms with Gasteiger partial charge in [-0.2, -0.15) is 4.99 Å². The molecule has 7 nitrogen and oxygen atoms in total. The lowest BCUT2D eigenvalue weighted by Gasteiger charge is -2.41. The van der Waals surface area contributed by atoms with Crippen LogP contribution in [0, 0.1) is 13.8 Å². The molecule has 3 N–H and O–H groups in total. The van der Waals surface area contributed by atoms with Crippen molar-refractivity contribution >= 4 is 35.7 Å². The van der Waals surface area contributed by atoms with E-state index in [4.69, 9.17) is 10.5 Å². The average molecular weight is 415 g/mol. The zero-order valence-corrected chi connectivity index (χ0v) is 17.5. The molecule has 1 saturated heterocycles. The summed E-state index contributed by atoms with van der Waals surface area (Å²) in [6.07, 6.45) is -0.389. The number of nitrogens with two attached hydrogens (primary N) is 1. The lowest BCUT2D eigenvalue weighted by atomic mass is 10.2. The van der Waals surface area contributed by atoms with E-state index in [1.54, 1.807) is 0 Å². The maximum absolute atomic E-state index is 6.11. The monoisotopic (exact) mass is 414 g/mol. The molecule has 154 valence electrons. The second-order valence-electron chi connectivity index (χ2n) is 7.09. The Balaban J connectivity index is 0.00000240. The summed E-state index contributed by atoms with van der Waals surface area (Å²) >= 11 is 0. The number of nitrogens with zero attached hydrogens (tertiary/aromatic N) is 4. The number of anilines is 2. The molecule has 0 amide bonds. The highest BCUT2D eigenvalue weighted by molar-refractivity contribution is 6.06. The number of aryl methyl sites for hydroxylation is 2. The predicted octanol–water partition coefficient (Wildman–Crippen LogP) is 2.94. The van der Waals surface area contributed by atoms with Gasteiger partial charge in [-0.1, -0.05) is 29.8 Å². The van der Waals surface area contributed by atoms with E-state index in [2.05, 4.69) is 75.3 Å². The van der Waals surface area contributed by atoms with E-state index in [-0.39, 0.29) is 24.7 Å². The number of nitrogens with one attached hydrogen (secondary N) is 1. The van der Waals surface area contributed by atoms with Gasteiger partial charge in [-0.25, -0.2) is 4.99 Å². The van der Waals surface area contributed by atoms with Crippen LogP contribution in [-0.4, -0.2) is 49.4 Å².